The second-order valence-electron chi connectivity index (χ2n) is 4.75. The largest absolute Gasteiger partial charge is 0.573 e. The minimum absolute atomic E-state index is 0.115. The third-order valence-electron chi connectivity index (χ3n) is 3.11. The van der Waals surface area contributed by atoms with E-state index >= 15 is 0 Å². The number of nitrogens with one attached hydrogen (secondary N) is 1. The van der Waals surface area contributed by atoms with Crippen LogP contribution >= 0.6 is 0 Å². The molecule has 0 saturated heterocycles. The SMILES string of the molecule is OC[C@H]1C=C[C@@H](NCc2cccc(OC(F)(F)F)c2)C1. The van der Waals surface area contributed by atoms with Gasteiger partial charge in [0.1, 0.15) is 5.75 Å². The third kappa shape index (κ3) is 4.54. The zero-order valence-electron chi connectivity index (χ0n) is 10.7. The van der Waals surface area contributed by atoms with Gasteiger partial charge in [0.2, 0.25) is 0 Å². The first-order valence-electron chi connectivity index (χ1n) is 6.33. The van der Waals surface area contributed by atoms with Crippen LogP contribution in [-0.2, 0) is 6.54 Å². The molecule has 0 bridgehead atoms. The maximum atomic E-state index is 12.1. The van der Waals surface area contributed by atoms with Gasteiger partial charge in [0.05, 0.1) is 0 Å². The van der Waals surface area contributed by atoms with E-state index < -0.39 is 6.36 Å². The molecule has 0 spiro atoms. The van der Waals surface area contributed by atoms with Crippen molar-refractivity contribution < 1.29 is 23.0 Å². The highest BCUT2D eigenvalue weighted by atomic mass is 19.4. The summed E-state index contributed by atoms with van der Waals surface area (Å²) < 4.78 is 40.2. The van der Waals surface area contributed by atoms with E-state index in [9.17, 15) is 13.2 Å². The molecule has 3 nitrogen and oxygen atoms in total. The summed E-state index contributed by atoms with van der Waals surface area (Å²) in [5, 5.41) is 12.2. The normalized spacial score (nSPS) is 22.2. The second kappa shape index (κ2) is 6.28. The lowest BCUT2D eigenvalue weighted by Crippen LogP contribution is -2.26. The average Bonchev–Trinajstić information content (AvgIpc) is 2.83. The summed E-state index contributed by atoms with van der Waals surface area (Å²) in [6, 6.07) is 6.04. The monoisotopic (exact) mass is 287 g/mol. The molecule has 1 aromatic carbocycles. The summed E-state index contributed by atoms with van der Waals surface area (Å²) in [4.78, 5) is 0. The van der Waals surface area contributed by atoms with E-state index in [2.05, 4.69) is 10.1 Å². The Morgan fingerprint density at radius 2 is 2.10 bits per heavy atom. The highest BCUT2D eigenvalue weighted by Gasteiger charge is 2.31. The maximum Gasteiger partial charge on any atom is 0.573 e. The van der Waals surface area contributed by atoms with Crippen LogP contribution in [0.2, 0.25) is 0 Å². The van der Waals surface area contributed by atoms with E-state index in [-0.39, 0.29) is 24.3 Å². The minimum Gasteiger partial charge on any atom is -0.406 e. The van der Waals surface area contributed by atoms with Crippen molar-refractivity contribution in [2.45, 2.75) is 25.4 Å². The lowest BCUT2D eigenvalue weighted by molar-refractivity contribution is -0.274. The van der Waals surface area contributed by atoms with Crippen LogP contribution in [0.5, 0.6) is 5.75 Å². The van der Waals surface area contributed by atoms with E-state index in [1.807, 2.05) is 12.2 Å². The van der Waals surface area contributed by atoms with Crippen molar-refractivity contribution in [3.8, 4) is 5.75 Å². The third-order valence-corrected chi connectivity index (χ3v) is 3.11. The van der Waals surface area contributed by atoms with Crippen LogP contribution in [0.4, 0.5) is 13.2 Å². The number of benzene rings is 1. The topological polar surface area (TPSA) is 41.5 Å². The molecule has 0 radical (unpaired) electrons. The summed E-state index contributed by atoms with van der Waals surface area (Å²) in [7, 11) is 0. The zero-order valence-corrected chi connectivity index (χ0v) is 10.7. The van der Waals surface area contributed by atoms with E-state index in [1.165, 1.54) is 18.2 Å². The average molecular weight is 287 g/mol. The smallest absolute Gasteiger partial charge is 0.406 e. The van der Waals surface area contributed by atoms with E-state index in [0.717, 1.165) is 6.42 Å². The standard InChI is InChI=1S/C14H16F3NO2/c15-14(16,17)20-13-3-1-2-10(7-13)8-18-12-5-4-11(6-12)9-19/h1-5,7,11-12,18-19H,6,8-9H2/t11-,12+/m0/s1. The lowest BCUT2D eigenvalue weighted by atomic mass is 10.1. The Morgan fingerprint density at radius 3 is 2.75 bits per heavy atom. The van der Waals surface area contributed by atoms with Crippen LogP contribution in [-0.4, -0.2) is 24.1 Å². The lowest BCUT2D eigenvalue weighted by Gasteiger charge is -2.14. The molecule has 2 atom stereocenters. The van der Waals surface area contributed by atoms with Gasteiger partial charge in [-0.25, -0.2) is 0 Å². The minimum atomic E-state index is -4.67. The Kier molecular flexibility index (Phi) is 4.67. The summed E-state index contributed by atoms with van der Waals surface area (Å²) in [5.41, 5.74) is 0.715. The molecule has 1 aliphatic rings. The number of ether oxygens (including phenoxy) is 1. The molecule has 2 rings (SSSR count). The van der Waals surface area contributed by atoms with Crippen LogP contribution < -0.4 is 10.1 Å². The van der Waals surface area contributed by atoms with Gasteiger partial charge in [-0.2, -0.15) is 0 Å². The van der Waals surface area contributed by atoms with Gasteiger partial charge in [0.15, 0.2) is 0 Å². The summed E-state index contributed by atoms with van der Waals surface area (Å²) in [5.74, 6) is -0.0561. The van der Waals surface area contributed by atoms with Crippen molar-refractivity contribution in [1.29, 1.82) is 0 Å². The number of hydrogen-bond acceptors (Lipinski definition) is 3. The van der Waals surface area contributed by atoms with Gasteiger partial charge in [0.25, 0.3) is 0 Å². The molecule has 0 fully saturated rings. The predicted octanol–water partition coefficient (Wildman–Crippen LogP) is 2.61. The molecule has 0 saturated carbocycles. The molecule has 20 heavy (non-hydrogen) atoms. The van der Waals surface area contributed by atoms with Crippen molar-refractivity contribution in [3.05, 3.63) is 42.0 Å². The zero-order chi connectivity index (χ0) is 14.6. The fourth-order valence-corrected chi connectivity index (χ4v) is 2.16. The summed E-state index contributed by atoms with van der Waals surface area (Å²) in [6.07, 6.45) is 0.0433. The molecule has 110 valence electrons. The Morgan fingerprint density at radius 1 is 1.30 bits per heavy atom. The predicted molar refractivity (Wildman–Crippen MR) is 68.1 cm³/mol. The van der Waals surface area contributed by atoms with E-state index in [1.54, 1.807) is 6.07 Å². The van der Waals surface area contributed by atoms with E-state index in [4.69, 9.17) is 5.11 Å². The van der Waals surface area contributed by atoms with Crippen molar-refractivity contribution in [1.82, 2.24) is 5.32 Å². The van der Waals surface area contributed by atoms with Crippen LogP contribution in [0.3, 0.4) is 0 Å². The molecule has 0 aliphatic heterocycles. The Labute approximate surface area is 115 Å². The molecule has 0 unspecified atom stereocenters. The quantitative estimate of drug-likeness (QED) is 0.818. The second-order valence-corrected chi connectivity index (χ2v) is 4.75. The molecule has 2 N–H and O–H groups in total. The van der Waals surface area contributed by atoms with Crippen LogP contribution in [0.15, 0.2) is 36.4 Å². The van der Waals surface area contributed by atoms with Gasteiger partial charge in [-0.3, -0.25) is 0 Å². The summed E-state index contributed by atoms with van der Waals surface area (Å²) >= 11 is 0. The maximum absolute atomic E-state index is 12.1. The van der Waals surface area contributed by atoms with E-state index in [0.29, 0.717) is 12.1 Å². The van der Waals surface area contributed by atoms with Crippen molar-refractivity contribution in [2.75, 3.05) is 6.61 Å². The molecule has 0 amide bonds. The fourth-order valence-electron chi connectivity index (χ4n) is 2.16. The highest BCUT2D eigenvalue weighted by molar-refractivity contribution is 5.28. The van der Waals surface area contributed by atoms with Gasteiger partial charge < -0.3 is 15.2 Å². The molecular formula is C14H16F3NO2. The molecule has 6 heteroatoms. The number of hydrogen-bond donors (Lipinski definition) is 2. The molecule has 1 aliphatic carbocycles. The van der Waals surface area contributed by atoms with Crippen molar-refractivity contribution in [2.24, 2.45) is 5.92 Å². The Balaban J connectivity index is 1.87. The number of aliphatic hydroxyl groups excluding tert-OH is 1. The highest BCUT2D eigenvalue weighted by Crippen LogP contribution is 2.23. The van der Waals surface area contributed by atoms with Crippen molar-refractivity contribution in [3.63, 3.8) is 0 Å². The molecule has 1 aromatic rings. The summed E-state index contributed by atoms with van der Waals surface area (Å²) in [6.45, 7) is 0.561. The number of rotatable bonds is 5. The molecule has 0 heterocycles. The Bertz CT molecular complexity index is 474. The Hall–Kier alpha value is -1.53. The number of halogens is 3. The van der Waals surface area contributed by atoms with Crippen molar-refractivity contribution >= 4 is 0 Å². The first-order chi connectivity index (χ1) is 9.46. The van der Waals surface area contributed by atoms with Gasteiger partial charge in [-0.15, -0.1) is 13.2 Å². The fraction of sp³-hybridized carbons (Fsp3) is 0.429. The molecular weight excluding hydrogens is 271 g/mol. The van der Waals surface area contributed by atoms with Gasteiger partial charge in [-0.1, -0.05) is 24.3 Å². The molecule has 0 aromatic heterocycles. The van der Waals surface area contributed by atoms with Gasteiger partial charge >= 0.3 is 6.36 Å². The van der Waals surface area contributed by atoms with Crippen LogP contribution in [0.1, 0.15) is 12.0 Å². The van der Waals surface area contributed by atoms with Gasteiger partial charge in [-0.05, 0) is 24.1 Å². The number of alkyl halides is 3. The van der Waals surface area contributed by atoms with Crippen LogP contribution in [0, 0.1) is 5.92 Å². The number of aliphatic hydroxyl groups is 1. The van der Waals surface area contributed by atoms with Gasteiger partial charge in [0, 0.05) is 25.1 Å². The first kappa shape index (κ1) is 14.9. The van der Waals surface area contributed by atoms with Crippen LogP contribution in [0.25, 0.3) is 0 Å². The first-order valence-corrected chi connectivity index (χ1v) is 6.33.